The molecule has 0 saturated heterocycles. The number of carbonyl (C=O) groups is 2. The van der Waals surface area contributed by atoms with Crippen molar-refractivity contribution in [2.45, 2.75) is 26.8 Å². The van der Waals surface area contributed by atoms with Gasteiger partial charge in [-0.2, -0.15) is 0 Å². The number of aryl methyl sites for hydroxylation is 1. The highest BCUT2D eigenvalue weighted by molar-refractivity contribution is 6.06. The lowest BCUT2D eigenvalue weighted by molar-refractivity contribution is -0.116. The number of hydrogen-bond donors (Lipinski definition) is 2. The van der Waals surface area contributed by atoms with E-state index in [0.29, 0.717) is 42.3 Å². The monoisotopic (exact) mass is 449 g/mol. The molecule has 1 aromatic heterocycles. The summed E-state index contributed by atoms with van der Waals surface area (Å²) in [6.45, 7) is 8.06. The second-order valence-corrected chi connectivity index (χ2v) is 7.51. The first-order valence-corrected chi connectivity index (χ1v) is 11.2. The lowest BCUT2D eigenvalue weighted by Gasteiger charge is -2.19. The van der Waals surface area contributed by atoms with Crippen molar-refractivity contribution in [1.82, 2.24) is 14.5 Å². The summed E-state index contributed by atoms with van der Waals surface area (Å²) in [5, 5.41) is 5.76. The standard InChI is InChI=1S/C25H31N5O3/c1-3-29(4-2)16-17-33-23-11-6-5-10-22(23)28-25(32)20-8-7-9-21(18-20)27-24(31)12-14-30-15-13-26-19-30/h5-11,13,15,18-19H,3-4,12,14,16-17H2,1-2H3,(H,27,31)(H,28,32). The molecule has 3 aromatic rings. The first-order valence-electron chi connectivity index (χ1n) is 11.2. The van der Waals surface area contributed by atoms with Crippen LogP contribution >= 0.6 is 0 Å². The van der Waals surface area contributed by atoms with Gasteiger partial charge in [-0.25, -0.2) is 4.98 Å². The van der Waals surface area contributed by atoms with E-state index >= 15 is 0 Å². The number of likely N-dealkylation sites (N-methyl/N-ethyl adjacent to an activating group) is 1. The summed E-state index contributed by atoms with van der Waals surface area (Å²) in [6.07, 6.45) is 5.46. The fraction of sp³-hybridized carbons (Fsp3) is 0.320. The van der Waals surface area contributed by atoms with Crippen molar-refractivity contribution in [3.8, 4) is 5.75 Å². The van der Waals surface area contributed by atoms with Gasteiger partial charge < -0.3 is 24.8 Å². The molecule has 1 heterocycles. The van der Waals surface area contributed by atoms with Gasteiger partial charge >= 0.3 is 0 Å². The van der Waals surface area contributed by atoms with Crippen molar-refractivity contribution in [2.75, 3.05) is 36.9 Å². The number of amides is 2. The van der Waals surface area contributed by atoms with Gasteiger partial charge in [-0.3, -0.25) is 9.59 Å². The molecule has 33 heavy (non-hydrogen) atoms. The number of para-hydroxylation sites is 2. The number of ether oxygens (including phenoxy) is 1. The Hall–Kier alpha value is -3.65. The van der Waals surface area contributed by atoms with Crippen LogP contribution in [0.2, 0.25) is 0 Å². The summed E-state index contributed by atoms with van der Waals surface area (Å²) in [6, 6.07) is 14.3. The fourth-order valence-electron chi connectivity index (χ4n) is 3.33. The number of hydrogen-bond acceptors (Lipinski definition) is 5. The summed E-state index contributed by atoms with van der Waals surface area (Å²) in [5.74, 6) is 0.222. The van der Waals surface area contributed by atoms with Crippen LogP contribution in [0.5, 0.6) is 5.75 Å². The Bertz CT molecular complexity index is 1030. The molecule has 8 heteroatoms. The maximum absolute atomic E-state index is 12.9. The van der Waals surface area contributed by atoms with Crippen LogP contribution in [-0.2, 0) is 11.3 Å². The van der Waals surface area contributed by atoms with Crippen LogP contribution in [0.4, 0.5) is 11.4 Å². The molecule has 174 valence electrons. The SMILES string of the molecule is CCN(CC)CCOc1ccccc1NC(=O)c1cccc(NC(=O)CCn2ccnc2)c1. The van der Waals surface area contributed by atoms with E-state index in [4.69, 9.17) is 4.74 Å². The Balaban J connectivity index is 1.57. The molecule has 3 rings (SSSR count). The zero-order chi connectivity index (χ0) is 23.5. The van der Waals surface area contributed by atoms with Gasteiger partial charge in [-0.15, -0.1) is 0 Å². The molecule has 0 aliphatic heterocycles. The molecule has 0 fully saturated rings. The van der Waals surface area contributed by atoms with E-state index in [-0.39, 0.29) is 11.8 Å². The number of benzene rings is 2. The molecule has 0 atom stereocenters. The van der Waals surface area contributed by atoms with Gasteiger partial charge in [0, 0.05) is 43.2 Å². The summed E-state index contributed by atoms with van der Waals surface area (Å²) in [5.41, 5.74) is 1.62. The molecule has 0 aliphatic rings. The van der Waals surface area contributed by atoms with E-state index in [1.165, 1.54) is 0 Å². The maximum atomic E-state index is 12.9. The van der Waals surface area contributed by atoms with Crippen LogP contribution in [0.1, 0.15) is 30.6 Å². The van der Waals surface area contributed by atoms with E-state index in [2.05, 4.69) is 34.4 Å². The third kappa shape index (κ3) is 7.47. The van der Waals surface area contributed by atoms with Crippen LogP contribution < -0.4 is 15.4 Å². The van der Waals surface area contributed by atoms with Crippen molar-refractivity contribution in [2.24, 2.45) is 0 Å². The van der Waals surface area contributed by atoms with Crippen LogP contribution in [0.3, 0.4) is 0 Å². The van der Waals surface area contributed by atoms with Gasteiger partial charge in [0.25, 0.3) is 5.91 Å². The molecular formula is C25H31N5O3. The minimum atomic E-state index is -0.274. The van der Waals surface area contributed by atoms with E-state index < -0.39 is 0 Å². The molecule has 0 aliphatic carbocycles. The van der Waals surface area contributed by atoms with Crippen molar-refractivity contribution in [3.05, 3.63) is 72.8 Å². The molecule has 8 nitrogen and oxygen atoms in total. The smallest absolute Gasteiger partial charge is 0.255 e. The Morgan fingerprint density at radius 1 is 1.06 bits per heavy atom. The molecule has 0 unspecified atom stereocenters. The highest BCUT2D eigenvalue weighted by Gasteiger charge is 2.12. The molecule has 0 spiro atoms. The summed E-state index contributed by atoms with van der Waals surface area (Å²) < 4.78 is 7.76. The van der Waals surface area contributed by atoms with Crippen molar-refractivity contribution < 1.29 is 14.3 Å². The van der Waals surface area contributed by atoms with Crippen molar-refractivity contribution in [1.29, 1.82) is 0 Å². The molecular weight excluding hydrogens is 418 g/mol. The zero-order valence-electron chi connectivity index (χ0n) is 19.2. The molecule has 0 radical (unpaired) electrons. The van der Waals surface area contributed by atoms with Crippen LogP contribution in [0.25, 0.3) is 0 Å². The Kier molecular flexibility index (Phi) is 9.02. The molecule has 2 N–H and O–H groups in total. The summed E-state index contributed by atoms with van der Waals surface area (Å²) >= 11 is 0. The topological polar surface area (TPSA) is 88.5 Å². The second-order valence-electron chi connectivity index (χ2n) is 7.51. The minimum Gasteiger partial charge on any atom is -0.490 e. The average Bonchev–Trinajstić information content (AvgIpc) is 3.35. The Morgan fingerprint density at radius 2 is 1.88 bits per heavy atom. The maximum Gasteiger partial charge on any atom is 0.255 e. The van der Waals surface area contributed by atoms with E-state index in [1.807, 2.05) is 35.0 Å². The normalized spacial score (nSPS) is 10.8. The fourth-order valence-corrected chi connectivity index (χ4v) is 3.33. The minimum absolute atomic E-state index is 0.131. The average molecular weight is 450 g/mol. The quantitative estimate of drug-likeness (QED) is 0.438. The third-order valence-corrected chi connectivity index (χ3v) is 5.26. The van der Waals surface area contributed by atoms with Gasteiger partial charge in [-0.1, -0.05) is 32.0 Å². The Morgan fingerprint density at radius 3 is 2.64 bits per heavy atom. The Labute approximate surface area is 194 Å². The number of rotatable bonds is 12. The van der Waals surface area contributed by atoms with Crippen LogP contribution in [0.15, 0.2) is 67.3 Å². The van der Waals surface area contributed by atoms with Gasteiger partial charge in [0.2, 0.25) is 5.91 Å². The number of anilines is 2. The van der Waals surface area contributed by atoms with Gasteiger partial charge in [0.15, 0.2) is 0 Å². The zero-order valence-corrected chi connectivity index (χ0v) is 19.2. The van der Waals surface area contributed by atoms with Crippen LogP contribution in [-0.4, -0.2) is 52.5 Å². The number of nitrogens with zero attached hydrogens (tertiary/aromatic N) is 3. The molecule has 0 saturated carbocycles. The first-order chi connectivity index (χ1) is 16.1. The number of carbonyl (C=O) groups excluding carboxylic acids is 2. The number of imidazole rings is 1. The van der Waals surface area contributed by atoms with Gasteiger partial charge in [-0.05, 0) is 43.4 Å². The third-order valence-electron chi connectivity index (χ3n) is 5.26. The predicted octanol–water partition coefficient (Wildman–Crippen LogP) is 3.88. The van der Waals surface area contributed by atoms with Crippen molar-refractivity contribution in [3.63, 3.8) is 0 Å². The first kappa shape index (κ1) is 24.0. The lowest BCUT2D eigenvalue weighted by atomic mass is 10.1. The number of aromatic nitrogens is 2. The molecule has 2 aromatic carbocycles. The van der Waals surface area contributed by atoms with Crippen LogP contribution in [0, 0.1) is 0 Å². The predicted molar refractivity (Wildman–Crippen MR) is 130 cm³/mol. The van der Waals surface area contributed by atoms with Gasteiger partial charge in [0.1, 0.15) is 12.4 Å². The second kappa shape index (κ2) is 12.4. The summed E-state index contributed by atoms with van der Waals surface area (Å²) in [4.78, 5) is 31.4. The van der Waals surface area contributed by atoms with E-state index in [1.54, 1.807) is 36.8 Å². The summed E-state index contributed by atoms with van der Waals surface area (Å²) in [7, 11) is 0. The lowest BCUT2D eigenvalue weighted by Crippen LogP contribution is -2.28. The highest BCUT2D eigenvalue weighted by Crippen LogP contribution is 2.24. The van der Waals surface area contributed by atoms with Gasteiger partial charge in [0.05, 0.1) is 12.0 Å². The molecule has 0 bridgehead atoms. The molecule has 2 amide bonds. The van der Waals surface area contributed by atoms with E-state index in [0.717, 1.165) is 19.6 Å². The van der Waals surface area contributed by atoms with E-state index in [9.17, 15) is 9.59 Å². The van der Waals surface area contributed by atoms with Crippen molar-refractivity contribution >= 4 is 23.2 Å². The highest BCUT2D eigenvalue weighted by atomic mass is 16.5. The number of nitrogens with one attached hydrogen (secondary N) is 2. The largest absolute Gasteiger partial charge is 0.490 e.